The highest BCUT2D eigenvalue weighted by molar-refractivity contribution is 5.90. The number of anilines is 1. The third kappa shape index (κ3) is 3.66. The minimum atomic E-state index is -0.398. The maximum atomic E-state index is 13.8. The van der Waals surface area contributed by atoms with E-state index in [-0.39, 0.29) is 17.9 Å². The van der Waals surface area contributed by atoms with Crippen LogP contribution in [-0.4, -0.2) is 14.9 Å². The first kappa shape index (κ1) is 18.9. The number of fused-ring (bicyclic) bond motifs is 3. The summed E-state index contributed by atoms with van der Waals surface area (Å²) in [5.41, 5.74) is 4.66. The molecule has 1 N–H and O–H groups in total. The van der Waals surface area contributed by atoms with Crippen molar-refractivity contribution in [2.75, 3.05) is 5.32 Å². The van der Waals surface area contributed by atoms with Crippen molar-refractivity contribution >= 4 is 28.1 Å². The summed E-state index contributed by atoms with van der Waals surface area (Å²) in [6.45, 7) is 4.36. The molecule has 0 aliphatic heterocycles. The number of amides is 1. The predicted octanol–water partition coefficient (Wildman–Crippen LogP) is 4.43. The fourth-order valence-corrected chi connectivity index (χ4v) is 3.59. The highest BCUT2D eigenvalue weighted by Gasteiger charge is 2.12. The average Bonchev–Trinajstić information content (AvgIpc) is 3.17. The topological polar surface area (TPSA) is 55.5 Å². The van der Waals surface area contributed by atoms with Crippen LogP contribution in [0.25, 0.3) is 16.6 Å². The fourth-order valence-electron chi connectivity index (χ4n) is 3.59. The van der Waals surface area contributed by atoms with E-state index in [2.05, 4.69) is 5.32 Å². The van der Waals surface area contributed by atoms with E-state index in [1.54, 1.807) is 33.4 Å². The van der Waals surface area contributed by atoms with E-state index in [4.69, 9.17) is 0 Å². The van der Waals surface area contributed by atoms with E-state index in [9.17, 15) is 14.0 Å². The monoisotopic (exact) mass is 391 g/mol. The Morgan fingerprint density at radius 3 is 2.62 bits per heavy atom. The molecule has 5 nitrogen and oxygen atoms in total. The zero-order chi connectivity index (χ0) is 20.5. The molecule has 0 aliphatic carbocycles. The number of rotatable bonds is 5. The van der Waals surface area contributed by atoms with Gasteiger partial charge in [-0.2, -0.15) is 0 Å². The molecule has 0 radical (unpaired) electrons. The normalized spacial score (nSPS) is 11.3. The summed E-state index contributed by atoms with van der Waals surface area (Å²) in [5.74, 6) is -0.509. The van der Waals surface area contributed by atoms with Crippen LogP contribution in [0.5, 0.6) is 0 Å². The highest BCUT2D eigenvalue weighted by atomic mass is 19.1. The molecule has 0 atom stereocenters. The molecule has 0 saturated carbocycles. The Morgan fingerprint density at radius 2 is 1.83 bits per heavy atom. The molecule has 29 heavy (non-hydrogen) atoms. The lowest BCUT2D eigenvalue weighted by Gasteiger charge is -2.13. The Balaban J connectivity index is 1.54. The van der Waals surface area contributed by atoms with Crippen molar-refractivity contribution in [2.24, 2.45) is 0 Å². The first-order valence-electron chi connectivity index (χ1n) is 9.60. The number of halogens is 1. The summed E-state index contributed by atoms with van der Waals surface area (Å²) in [6, 6.07) is 13.7. The van der Waals surface area contributed by atoms with E-state index in [0.29, 0.717) is 24.0 Å². The maximum absolute atomic E-state index is 13.8. The van der Waals surface area contributed by atoms with Crippen LogP contribution in [0.15, 0.2) is 59.5 Å². The van der Waals surface area contributed by atoms with Crippen molar-refractivity contribution in [1.29, 1.82) is 0 Å². The molecule has 4 aromatic rings. The van der Waals surface area contributed by atoms with Gasteiger partial charge in [-0.1, -0.05) is 6.07 Å². The molecular formula is C23H22FN3O2. The molecule has 148 valence electrons. The Morgan fingerprint density at radius 1 is 1.00 bits per heavy atom. The summed E-state index contributed by atoms with van der Waals surface area (Å²) >= 11 is 0. The van der Waals surface area contributed by atoms with Gasteiger partial charge in [-0.05, 0) is 73.9 Å². The lowest BCUT2D eigenvalue weighted by Crippen LogP contribution is -2.23. The van der Waals surface area contributed by atoms with Crippen LogP contribution in [0.4, 0.5) is 10.1 Å². The van der Waals surface area contributed by atoms with Crippen molar-refractivity contribution in [1.82, 2.24) is 8.97 Å². The van der Waals surface area contributed by atoms with Crippen LogP contribution in [-0.2, 0) is 11.3 Å². The van der Waals surface area contributed by atoms with Crippen LogP contribution < -0.4 is 10.9 Å². The molecule has 0 bridgehead atoms. The summed E-state index contributed by atoms with van der Waals surface area (Å²) in [4.78, 5) is 25.2. The molecule has 0 aliphatic rings. The fraction of sp³-hybridized carbons (Fsp3) is 0.217. The number of carbonyl (C=O) groups excluding carboxylic acids is 1. The molecular weight excluding hydrogens is 369 g/mol. The van der Waals surface area contributed by atoms with Gasteiger partial charge >= 0.3 is 0 Å². The Hall–Kier alpha value is -3.41. The number of benzene rings is 2. The first-order chi connectivity index (χ1) is 13.9. The van der Waals surface area contributed by atoms with Gasteiger partial charge < -0.3 is 14.3 Å². The lowest BCUT2D eigenvalue weighted by atomic mass is 10.1. The number of hydrogen-bond acceptors (Lipinski definition) is 2. The third-order valence-electron chi connectivity index (χ3n) is 5.28. The van der Waals surface area contributed by atoms with Gasteiger partial charge in [-0.15, -0.1) is 0 Å². The summed E-state index contributed by atoms with van der Waals surface area (Å²) < 4.78 is 17.2. The Bertz CT molecular complexity index is 1290. The first-order valence-corrected chi connectivity index (χ1v) is 9.60. The van der Waals surface area contributed by atoms with E-state index in [0.717, 1.165) is 16.8 Å². The van der Waals surface area contributed by atoms with Crippen molar-refractivity contribution in [3.05, 3.63) is 82.0 Å². The molecule has 6 heteroatoms. The van der Waals surface area contributed by atoms with E-state index >= 15 is 0 Å². The Kier molecular flexibility index (Phi) is 4.92. The molecule has 2 aromatic carbocycles. The van der Waals surface area contributed by atoms with E-state index in [1.165, 1.54) is 17.7 Å². The second kappa shape index (κ2) is 7.54. The predicted molar refractivity (Wildman–Crippen MR) is 113 cm³/mol. The number of nitrogens with zero attached hydrogens (tertiary/aromatic N) is 2. The number of hydrogen-bond donors (Lipinski definition) is 1. The van der Waals surface area contributed by atoms with Gasteiger partial charge in [-0.3, -0.25) is 9.59 Å². The molecule has 1 amide bonds. The molecule has 2 aromatic heterocycles. The highest BCUT2D eigenvalue weighted by Crippen LogP contribution is 2.18. The zero-order valence-electron chi connectivity index (χ0n) is 16.4. The van der Waals surface area contributed by atoms with E-state index in [1.807, 2.05) is 32.0 Å². The number of carbonyl (C=O) groups is 1. The lowest BCUT2D eigenvalue weighted by molar-refractivity contribution is -0.116. The molecule has 0 fully saturated rings. The molecule has 0 unspecified atom stereocenters. The largest absolute Gasteiger partial charge is 0.326 e. The van der Waals surface area contributed by atoms with Crippen LogP contribution in [0.3, 0.4) is 0 Å². The summed E-state index contributed by atoms with van der Waals surface area (Å²) in [7, 11) is 0. The minimum Gasteiger partial charge on any atom is -0.326 e. The van der Waals surface area contributed by atoms with Gasteiger partial charge in [0, 0.05) is 24.8 Å². The van der Waals surface area contributed by atoms with Crippen molar-refractivity contribution in [3.8, 4) is 0 Å². The van der Waals surface area contributed by atoms with Gasteiger partial charge in [0.2, 0.25) is 5.91 Å². The zero-order valence-corrected chi connectivity index (χ0v) is 16.4. The third-order valence-corrected chi connectivity index (χ3v) is 5.28. The minimum absolute atomic E-state index is 0.111. The van der Waals surface area contributed by atoms with E-state index < -0.39 is 5.82 Å². The maximum Gasteiger partial charge on any atom is 0.275 e. The summed E-state index contributed by atoms with van der Waals surface area (Å²) in [5, 5.41) is 2.89. The van der Waals surface area contributed by atoms with Gasteiger partial charge in [0.1, 0.15) is 11.3 Å². The molecule has 2 heterocycles. The van der Waals surface area contributed by atoms with Crippen LogP contribution in [0, 0.1) is 19.7 Å². The van der Waals surface area contributed by atoms with Gasteiger partial charge in [0.05, 0.1) is 11.0 Å². The van der Waals surface area contributed by atoms with Crippen molar-refractivity contribution in [2.45, 2.75) is 33.2 Å². The molecule has 0 spiro atoms. The Labute approximate surface area is 167 Å². The number of aryl methyl sites for hydroxylation is 3. The van der Waals surface area contributed by atoms with Gasteiger partial charge in [-0.25, -0.2) is 4.39 Å². The van der Waals surface area contributed by atoms with Gasteiger partial charge in [0.25, 0.3) is 5.56 Å². The van der Waals surface area contributed by atoms with Crippen LogP contribution in [0.1, 0.15) is 24.0 Å². The average molecular weight is 391 g/mol. The second-order valence-electron chi connectivity index (χ2n) is 7.30. The molecule has 4 rings (SSSR count). The van der Waals surface area contributed by atoms with Gasteiger partial charge in [0.15, 0.2) is 0 Å². The quantitative estimate of drug-likeness (QED) is 0.547. The standard InChI is InChI=1S/C23H22FN3O2/c1-15-7-9-18(13-16(15)2)25-22(28)6-4-12-27-21-14-17(24)8-10-19(21)26-11-3-5-20(26)23(27)29/h3,5,7-11,13-14H,4,6,12H2,1-2H3,(H,25,28). The summed E-state index contributed by atoms with van der Waals surface area (Å²) in [6.07, 6.45) is 2.53. The van der Waals surface area contributed by atoms with Crippen molar-refractivity contribution in [3.63, 3.8) is 0 Å². The molecule has 0 saturated heterocycles. The second-order valence-corrected chi connectivity index (χ2v) is 7.30. The van der Waals surface area contributed by atoms with Crippen LogP contribution in [0.2, 0.25) is 0 Å². The van der Waals surface area contributed by atoms with Crippen molar-refractivity contribution < 1.29 is 9.18 Å². The number of aromatic nitrogens is 2. The number of nitrogens with one attached hydrogen (secondary N) is 1. The SMILES string of the molecule is Cc1ccc(NC(=O)CCCn2c(=O)c3cccn3c3ccc(F)cc32)cc1C. The smallest absolute Gasteiger partial charge is 0.275 e. The van der Waals surface area contributed by atoms with Crippen LogP contribution >= 0.6 is 0 Å².